The second kappa shape index (κ2) is 6.04. The van der Waals surface area contributed by atoms with Gasteiger partial charge in [0, 0.05) is 17.0 Å². The summed E-state index contributed by atoms with van der Waals surface area (Å²) in [6.45, 7) is 1.97. The first-order valence-corrected chi connectivity index (χ1v) is 7.79. The van der Waals surface area contributed by atoms with Crippen molar-refractivity contribution in [3.8, 4) is 5.75 Å². The van der Waals surface area contributed by atoms with E-state index in [1.165, 1.54) is 0 Å². The number of benzene rings is 2. The van der Waals surface area contributed by atoms with Gasteiger partial charge in [-0.15, -0.1) is 0 Å². The normalized spacial score (nSPS) is 24.0. The predicted molar refractivity (Wildman–Crippen MR) is 85.4 cm³/mol. The van der Waals surface area contributed by atoms with Crippen LogP contribution in [0, 0.1) is 0 Å². The van der Waals surface area contributed by atoms with Gasteiger partial charge in [-0.1, -0.05) is 42.8 Å². The molecule has 3 heteroatoms. The molecule has 1 aliphatic rings. The van der Waals surface area contributed by atoms with Gasteiger partial charge in [-0.2, -0.15) is 0 Å². The minimum atomic E-state index is -0.376. The zero-order valence-electron chi connectivity index (χ0n) is 12.5. The van der Waals surface area contributed by atoms with Gasteiger partial charge in [0.2, 0.25) is 0 Å². The van der Waals surface area contributed by atoms with Crippen LogP contribution in [0.2, 0.25) is 0 Å². The van der Waals surface area contributed by atoms with Gasteiger partial charge >= 0.3 is 0 Å². The third kappa shape index (κ3) is 2.89. The lowest BCUT2D eigenvalue weighted by molar-refractivity contribution is 0.00710. The molecule has 112 valence electrons. The van der Waals surface area contributed by atoms with E-state index in [1.807, 2.05) is 25.1 Å². The van der Waals surface area contributed by atoms with Crippen molar-refractivity contribution in [2.75, 3.05) is 0 Å². The summed E-state index contributed by atoms with van der Waals surface area (Å²) in [7, 11) is 0. The highest BCUT2D eigenvalue weighted by Gasteiger charge is 2.26. The Morgan fingerprint density at radius 3 is 2.67 bits per heavy atom. The molecule has 1 saturated carbocycles. The summed E-state index contributed by atoms with van der Waals surface area (Å²) in [5, 5.41) is 12.4. The Morgan fingerprint density at radius 2 is 1.90 bits per heavy atom. The van der Waals surface area contributed by atoms with Crippen LogP contribution in [0.5, 0.6) is 5.75 Å². The van der Waals surface area contributed by atoms with Crippen LogP contribution < -0.4 is 10.5 Å². The fourth-order valence-electron chi connectivity index (χ4n) is 3.12. The number of nitrogens with two attached hydrogens (primary N) is 1. The lowest BCUT2D eigenvalue weighted by Crippen LogP contribution is -2.35. The summed E-state index contributed by atoms with van der Waals surface area (Å²) in [6.07, 6.45) is 3.42. The molecule has 0 radical (unpaired) electrons. The molecule has 3 nitrogen and oxygen atoms in total. The largest absolute Gasteiger partial charge is 0.487 e. The Balaban J connectivity index is 2.03. The average Bonchev–Trinajstić information content (AvgIpc) is 2.49. The highest BCUT2D eigenvalue weighted by molar-refractivity contribution is 5.89. The Kier molecular flexibility index (Phi) is 4.13. The Bertz CT molecular complexity index is 624. The molecule has 2 aromatic rings. The number of aliphatic hydroxyl groups excluding tert-OH is 1. The number of rotatable bonds is 3. The number of hydrogen-bond donors (Lipinski definition) is 2. The summed E-state index contributed by atoms with van der Waals surface area (Å²) in [4.78, 5) is 0. The van der Waals surface area contributed by atoms with Crippen molar-refractivity contribution in [1.82, 2.24) is 0 Å². The Hall–Kier alpha value is -1.58. The summed E-state index contributed by atoms with van der Waals surface area (Å²) < 4.78 is 6.24. The van der Waals surface area contributed by atoms with Crippen LogP contribution in [-0.4, -0.2) is 17.3 Å². The minimum Gasteiger partial charge on any atom is -0.487 e. The standard InChI is InChI=1S/C18H23NO2/c1-12(19)14-11-10-13-6-2-3-7-15(13)18(14)21-17-9-5-4-8-16(17)20/h2-3,6-7,10-12,16-17,20H,4-5,8-9,19H2,1H3. The first-order chi connectivity index (χ1) is 10.2. The van der Waals surface area contributed by atoms with E-state index in [2.05, 4.69) is 18.2 Å². The first kappa shape index (κ1) is 14.4. The van der Waals surface area contributed by atoms with E-state index in [9.17, 15) is 5.11 Å². The van der Waals surface area contributed by atoms with Gasteiger partial charge in [-0.05, 0) is 31.6 Å². The van der Waals surface area contributed by atoms with Gasteiger partial charge in [0.1, 0.15) is 11.9 Å². The van der Waals surface area contributed by atoms with E-state index in [0.717, 1.165) is 47.8 Å². The molecule has 3 atom stereocenters. The van der Waals surface area contributed by atoms with Gasteiger partial charge in [0.15, 0.2) is 0 Å². The topological polar surface area (TPSA) is 55.5 Å². The van der Waals surface area contributed by atoms with Crippen molar-refractivity contribution >= 4 is 10.8 Å². The van der Waals surface area contributed by atoms with Crippen molar-refractivity contribution in [3.63, 3.8) is 0 Å². The van der Waals surface area contributed by atoms with Gasteiger partial charge in [-0.3, -0.25) is 0 Å². The fourth-order valence-corrected chi connectivity index (χ4v) is 3.12. The van der Waals surface area contributed by atoms with E-state index in [0.29, 0.717) is 0 Å². The first-order valence-electron chi connectivity index (χ1n) is 7.79. The molecule has 0 spiro atoms. The molecule has 0 heterocycles. The highest BCUT2D eigenvalue weighted by atomic mass is 16.5. The van der Waals surface area contributed by atoms with Crippen LogP contribution in [0.1, 0.15) is 44.2 Å². The maximum Gasteiger partial charge on any atom is 0.132 e. The van der Waals surface area contributed by atoms with Crippen molar-refractivity contribution in [3.05, 3.63) is 42.0 Å². The van der Waals surface area contributed by atoms with Crippen molar-refractivity contribution in [2.24, 2.45) is 5.73 Å². The third-order valence-electron chi connectivity index (χ3n) is 4.34. The minimum absolute atomic E-state index is 0.0923. The Labute approximate surface area is 125 Å². The van der Waals surface area contributed by atoms with Gasteiger partial charge in [0.25, 0.3) is 0 Å². The van der Waals surface area contributed by atoms with Crippen molar-refractivity contribution in [1.29, 1.82) is 0 Å². The van der Waals surface area contributed by atoms with Crippen LogP contribution >= 0.6 is 0 Å². The molecule has 0 aromatic heterocycles. The molecule has 3 unspecified atom stereocenters. The van der Waals surface area contributed by atoms with Gasteiger partial charge in [-0.25, -0.2) is 0 Å². The molecule has 0 amide bonds. The van der Waals surface area contributed by atoms with Crippen molar-refractivity contribution < 1.29 is 9.84 Å². The van der Waals surface area contributed by atoms with Gasteiger partial charge in [0.05, 0.1) is 6.10 Å². The van der Waals surface area contributed by atoms with E-state index in [-0.39, 0.29) is 18.2 Å². The summed E-state index contributed by atoms with van der Waals surface area (Å²) in [5.74, 6) is 0.842. The average molecular weight is 285 g/mol. The molecule has 0 aliphatic heterocycles. The number of aliphatic hydroxyl groups is 1. The van der Waals surface area contributed by atoms with Crippen LogP contribution in [0.15, 0.2) is 36.4 Å². The fraction of sp³-hybridized carbons (Fsp3) is 0.444. The summed E-state index contributed by atoms with van der Waals surface area (Å²) >= 11 is 0. The predicted octanol–water partition coefficient (Wildman–Crippen LogP) is 3.54. The smallest absolute Gasteiger partial charge is 0.132 e. The molecule has 21 heavy (non-hydrogen) atoms. The van der Waals surface area contributed by atoms with E-state index in [4.69, 9.17) is 10.5 Å². The van der Waals surface area contributed by atoms with E-state index in [1.54, 1.807) is 0 Å². The van der Waals surface area contributed by atoms with Crippen LogP contribution in [-0.2, 0) is 0 Å². The second-order valence-corrected chi connectivity index (χ2v) is 6.00. The van der Waals surface area contributed by atoms with Gasteiger partial charge < -0.3 is 15.6 Å². The maximum absolute atomic E-state index is 10.2. The van der Waals surface area contributed by atoms with Crippen LogP contribution in [0.4, 0.5) is 0 Å². The molecule has 3 rings (SSSR count). The van der Waals surface area contributed by atoms with Crippen LogP contribution in [0.25, 0.3) is 10.8 Å². The maximum atomic E-state index is 10.2. The summed E-state index contributed by atoms with van der Waals surface area (Å²) in [5.41, 5.74) is 7.11. The molecule has 2 aromatic carbocycles. The number of ether oxygens (including phenoxy) is 1. The molecular weight excluding hydrogens is 262 g/mol. The second-order valence-electron chi connectivity index (χ2n) is 6.00. The zero-order chi connectivity index (χ0) is 14.8. The lowest BCUT2D eigenvalue weighted by Gasteiger charge is -2.30. The third-order valence-corrected chi connectivity index (χ3v) is 4.34. The van der Waals surface area contributed by atoms with E-state index < -0.39 is 0 Å². The monoisotopic (exact) mass is 285 g/mol. The molecule has 0 saturated heterocycles. The molecule has 0 bridgehead atoms. The van der Waals surface area contributed by atoms with E-state index >= 15 is 0 Å². The molecule has 1 fully saturated rings. The lowest BCUT2D eigenvalue weighted by atomic mass is 9.94. The quantitative estimate of drug-likeness (QED) is 0.907. The SMILES string of the molecule is CC(N)c1ccc2ccccc2c1OC1CCCCC1O. The van der Waals surface area contributed by atoms with Crippen LogP contribution in [0.3, 0.4) is 0 Å². The molecule has 3 N–H and O–H groups in total. The summed E-state index contributed by atoms with van der Waals surface area (Å²) in [6, 6.07) is 12.2. The molecular formula is C18H23NO2. The number of fused-ring (bicyclic) bond motifs is 1. The van der Waals surface area contributed by atoms with Crippen molar-refractivity contribution in [2.45, 2.75) is 50.9 Å². The zero-order valence-corrected chi connectivity index (χ0v) is 12.5. The Morgan fingerprint density at radius 1 is 1.14 bits per heavy atom. The molecule has 1 aliphatic carbocycles. The number of hydrogen-bond acceptors (Lipinski definition) is 3. The highest BCUT2D eigenvalue weighted by Crippen LogP contribution is 2.35.